The van der Waals surface area contributed by atoms with Gasteiger partial charge in [-0.15, -0.1) is 0 Å². The summed E-state index contributed by atoms with van der Waals surface area (Å²) in [5, 5.41) is 7.27. The van der Waals surface area contributed by atoms with E-state index in [0.29, 0.717) is 12.5 Å². The van der Waals surface area contributed by atoms with Crippen LogP contribution in [0.2, 0.25) is 0 Å². The van der Waals surface area contributed by atoms with Crippen LogP contribution in [0.25, 0.3) is 0 Å². The van der Waals surface area contributed by atoms with Crippen LogP contribution in [0.15, 0.2) is 0 Å². The molecule has 0 radical (unpaired) electrons. The molecule has 0 aliphatic heterocycles. The van der Waals surface area contributed by atoms with Crippen LogP contribution in [0.3, 0.4) is 0 Å². The van der Waals surface area contributed by atoms with E-state index in [1.165, 1.54) is 32.1 Å². The van der Waals surface area contributed by atoms with E-state index in [-0.39, 0.29) is 6.10 Å². The molecular formula is C12H21N3O. The van der Waals surface area contributed by atoms with Crippen molar-refractivity contribution < 1.29 is 4.74 Å². The maximum Gasteiger partial charge on any atom is 0.153 e. The summed E-state index contributed by atoms with van der Waals surface area (Å²) in [5.41, 5.74) is 0. The fourth-order valence-electron chi connectivity index (χ4n) is 2.16. The second kappa shape index (κ2) is 5.43. The Morgan fingerprint density at radius 2 is 2.06 bits per heavy atom. The van der Waals surface area contributed by atoms with Crippen molar-refractivity contribution in [1.82, 2.24) is 15.2 Å². The van der Waals surface area contributed by atoms with Gasteiger partial charge in [-0.05, 0) is 26.7 Å². The summed E-state index contributed by atoms with van der Waals surface area (Å²) in [5.74, 6) is 2.41. The molecule has 0 aromatic carbocycles. The first-order valence-corrected chi connectivity index (χ1v) is 6.28. The van der Waals surface area contributed by atoms with E-state index in [9.17, 15) is 0 Å². The Morgan fingerprint density at radius 3 is 2.75 bits per heavy atom. The van der Waals surface area contributed by atoms with Gasteiger partial charge in [-0.3, -0.25) is 5.10 Å². The summed E-state index contributed by atoms with van der Waals surface area (Å²) in [7, 11) is 0. The first-order chi connectivity index (χ1) is 7.75. The topological polar surface area (TPSA) is 50.8 Å². The molecule has 4 nitrogen and oxygen atoms in total. The lowest BCUT2D eigenvalue weighted by Gasteiger charge is -2.18. The number of aromatic nitrogens is 3. The second-order valence-electron chi connectivity index (χ2n) is 4.83. The van der Waals surface area contributed by atoms with Crippen LogP contribution in [0.5, 0.6) is 0 Å². The van der Waals surface area contributed by atoms with Crippen LogP contribution in [-0.2, 0) is 11.3 Å². The zero-order valence-corrected chi connectivity index (χ0v) is 10.2. The third kappa shape index (κ3) is 3.04. The third-order valence-corrected chi connectivity index (χ3v) is 3.07. The Balaban J connectivity index is 1.90. The van der Waals surface area contributed by atoms with Crippen LogP contribution >= 0.6 is 0 Å². The zero-order valence-electron chi connectivity index (χ0n) is 10.2. The number of hydrogen-bond acceptors (Lipinski definition) is 3. The number of rotatable bonds is 4. The Morgan fingerprint density at radius 1 is 1.31 bits per heavy atom. The lowest BCUT2D eigenvalue weighted by molar-refractivity contribution is 0.0614. The molecule has 0 amide bonds. The van der Waals surface area contributed by atoms with E-state index in [1.54, 1.807) is 0 Å². The average Bonchev–Trinajstić information content (AvgIpc) is 2.76. The summed E-state index contributed by atoms with van der Waals surface area (Å²) < 4.78 is 5.49. The number of nitrogens with zero attached hydrogens (tertiary/aromatic N) is 2. The van der Waals surface area contributed by atoms with Crippen molar-refractivity contribution >= 4 is 0 Å². The van der Waals surface area contributed by atoms with Gasteiger partial charge in [0.1, 0.15) is 6.61 Å². The van der Waals surface area contributed by atoms with Crippen molar-refractivity contribution in [2.75, 3.05) is 0 Å². The Kier molecular flexibility index (Phi) is 3.93. The Bertz CT molecular complexity index is 316. The SMILES string of the molecule is CC(C)OCc1nc(C2CCCCC2)n[nH]1. The van der Waals surface area contributed by atoms with Gasteiger partial charge < -0.3 is 4.74 Å². The fraction of sp³-hybridized carbons (Fsp3) is 0.833. The molecule has 90 valence electrons. The van der Waals surface area contributed by atoms with Gasteiger partial charge in [0.2, 0.25) is 0 Å². The molecular weight excluding hydrogens is 202 g/mol. The molecule has 1 fully saturated rings. The Labute approximate surface area is 96.8 Å². The number of nitrogens with one attached hydrogen (secondary N) is 1. The first kappa shape index (κ1) is 11.6. The lowest BCUT2D eigenvalue weighted by Crippen LogP contribution is -2.06. The maximum atomic E-state index is 5.49. The maximum absolute atomic E-state index is 5.49. The molecule has 1 aliphatic rings. The van der Waals surface area contributed by atoms with Crippen LogP contribution in [0, 0.1) is 0 Å². The highest BCUT2D eigenvalue weighted by atomic mass is 16.5. The molecule has 4 heteroatoms. The molecule has 1 saturated carbocycles. The van der Waals surface area contributed by atoms with Crippen molar-refractivity contribution in [2.24, 2.45) is 0 Å². The number of ether oxygens (including phenoxy) is 1. The van der Waals surface area contributed by atoms with Crippen LogP contribution < -0.4 is 0 Å². The van der Waals surface area contributed by atoms with Gasteiger partial charge in [-0.2, -0.15) is 5.10 Å². The van der Waals surface area contributed by atoms with Crippen LogP contribution in [0.4, 0.5) is 0 Å². The van der Waals surface area contributed by atoms with Crippen molar-refractivity contribution in [1.29, 1.82) is 0 Å². The normalized spacial score (nSPS) is 18.2. The van der Waals surface area contributed by atoms with Crippen LogP contribution in [-0.4, -0.2) is 21.3 Å². The summed E-state index contributed by atoms with van der Waals surface area (Å²) >= 11 is 0. The monoisotopic (exact) mass is 223 g/mol. The standard InChI is InChI=1S/C12H21N3O/c1-9(2)16-8-11-13-12(15-14-11)10-6-4-3-5-7-10/h9-10H,3-8H2,1-2H3,(H,13,14,15). The van der Waals surface area contributed by atoms with Gasteiger partial charge in [0.15, 0.2) is 11.6 Å². The number of hydrogen-bond donors (Lipinski definition) is 1. The van der Waals surface area contributed by atoms with Crippen molar-refractivity contribution in [3.8, 4) is 0 Å². The summed E-state index contributed by atoms with van der Waals surface area (Å²) in [6.45, 7) is 4.59. The largest absolute Gasteiger partial charge is 0.371 e. The molecule has 1 heterocycles. The number of aromatic amines is 1. The molecule has 1 aromatic rings. The minimum atomic E-state index is 0.239. The smallest absolute Gasteiger partial charge is 0.153 e. The Hall–Kier alpha value is -0.900. The van der Waals surface area contributed by atoms with Gasteiger partial charge in [-0.1, -0.05) is 19.3 Å². The molecule has 0 bridgehead atoms. The van der Waals surface area contributed by atoms with E-state index >= 15 is 0 Å². The van der Waals surface area contributed by atoms with Crippen LogP contribution in [0.1, 0.15) is 63.5 Å². The van der Waals surface area contributed by atoms with E-state index in [4.69, 9.17) is 4.74 Å². The summed E-state index contributed by atoms with van der Waals surface area (Å²) in [6, 6.07) is 0. The van der Waals surface area contributed by atoms with Crippen molar-refractivity contribution in [2.45, 2.75) is 64.6 Å². The van der Waals surface area contributed by atoms with E-state index in [1.807, 2.05) is 13.8 Å². The van der Waals surface area contributed by atoms with Crippen molar-refractivity contribution in [3.63, 3.8) is 0 Å². The quantitative estimate of drug-likeness (QED) is 0.854. The minimum absolute atomic E-state index is 0.239. The van der Waals surface area contributed by atoms with Gasteiger partial charge >= 0.3 is 0 Å². The van der Waals surface area contributed by atoms with E-state index in [2.05, 4.69) is 15.2 Å². The molecule has 0 atom stereocenters. The minimum Gasteiger partial charge on any atom is -0.371 e. The van der Waals surface area contributed by atoms with E-state index in [0.717, 1.165) is 11.6 Å². The molecule has 16 heavy (non-hydrogen) atoms. The predicted molar refractivity (Wildman–Crippen MR) is 62.1 cm³/mol. The van der Waals surface area contributed by atoms with Gasteiger partial charge in [0, 0.05) is 5.92 Å². The summed E-state index contributed by atoms with van der Waals surface area (Å²) in [6.07, 6.45) is 6.71. The van der Waals surface area contributed by atoms with Crippen molar-refractivity contribution in [3.05, 3.63) is 11.6 Å². The first-order valence-electron chi connectivity index (χ1n) is 6.28. The molecule has 1 aliphatic carbocycles. The molecule has 0 saturated heterocycles. The van der Waals surface area contributed by atoms with Gasteiger partial charge in [-0.25, -0.2) is 4.98 Å². The second-order valence-corrected chi connectivity index (χ2v) is 4.83. The average molecular weight is 223 g/mol. The number of H-pyrrole nitrogens is 1. The fourth-order valence-corrected chi connectivity index (χ4v) is 2.16. The highest BCUT2D eigenvalue weighted by molar-refractivity contribution is 4.98. The lowest BCUT2D eigenvalue weighted by atomic mass is 9.89. The molecule has 1 N–H and O–H groups in total. The van der Waals surface area contributed by atoms with Gasteiger partial charge in [0.05, 0.1) is 6.10 Å². The molecule has 2 rings (SSSR count). The predicted octanol–water partition coefficient (Wildman–Crippen LogP) is 2.78. The van der Waals surface area contributed by atoms with Gasteiger partial charge in [0.25, 0.3) is 0 Å². The highest BCUT2D eigenvalue weighted by Gasteiger charge is 2.19. The zero-order chi connectivity index (χ0) is 11.4. The molecule has 0 unspecified atom stereocenters. The van der Waals surface area contributed by atoms with E-state index < -0.39 is 0 Å². The molecule has 0 spiro atoms. The highest BCUT2D eigenvalue weighted by Crippen LogP contribution is 2.30. The summed E-state index contributed by atoms with van der Waals surface area (Å²) in [4.78, 5) is 4.51. The molecule has 1 aromatic heterocycles. The third-order valence-electron chi connectivity index (χ3n) is 3.07.